The summed E-state index contributed by atoms with van der Waals surface area (Å²) in [5.74, 6) is 0.346. The third kappa shape index (κ3) is 4.25. The Kier molecular flexibility index (Phi) is 5.89. The Labute approximate surface area is 174 Å². The minimum Gasteiger partial charge on any atom is -0.440 e. The summed E-state index contributed by atoms with van der Waals surface area (Å²) in [5.41, 5.74) is 5.19. The maximum Gasteiger partial charge on any atom is 0.251 e. The number of carbonyl (C=O) groups is 1. The number of rotatable bonds is 7. The van der Waals surface area contributed by atoms with E-state index in [9.17, 15) is 9.18 Å². The molecule has 4 nitrogen and oxygen atoms in total. The fraction of sp³-hybridized carbons (Fsp3) is 0.200. The summed E-state index contributed by atoms with van der Waals surface area (Å²) in [6.07, 6.45) is 2.17. The van der Waals surface area contributed by atoms with Gasteiger partial charge in [-0.05, 0) is 54.3 Å². The molecule has 152 valence electrons. The Bertz CT molecular complexity index is 1150. The number of hydrogen-bond acceptors (Lipinski definition) is 3. The highest BCUT2D eigenvalue weighted by atomic mass is 19.1. The number of amides is 1. The van der Waals surface area contributed by atoms with Crippen molar-refractivity contribution < 1.29 is 13.6 Å². The van der Waals surface area contributed by atoms with Crippen LogP contribution in [0.25, 0.3) is 22.2 Å². The number of aromatic nitrogens is 1. The quantitative estimate of drug-likeness (QED) is 0.412. The second kappa shape index (κ2) is 8.91. The predicted molar refractivity (Wildman–Crippen MR) is 116 cm³/mol. The van der Waals surface area contributed by atoms with Crippen molar-refractivity contribution in [3.63, 3.8) is 0 Å². The van der Waals surface area contributed by atoms with Gasteiger partial charge in [0.1, 0.15) is 11.3 Å². The Hall–Kier alpha value is -3.47. The van der Waals surface area contributed by atoms with Crippen LogP contribution in [0, 0.1) is 5.82 Å². The smallest absolute Gasteiger partial charge is 0.251 e. The summed E-state index contributed by atoms with van der Waals surface area (Å²) in [7, 11) is 0. The number of benzene rings is 3. The van der Waals surface area contributed by atoms with E-state index < -0.39 is 0 Å². The van der Waals surface area contributed by atoms with Gasteiger partial charge in [0.25, 0.3) is 5.91 Å². The average Bonchev–Trinajstić information content (AvgIpc) is 3.21. The van der Waals surface area contributed by atoms with Crippen LogP contribution in [0.2, 0.25) is 0 Å². The largest absolute Gasteiger partial charge is 0.440 e. The molecule has 5 heteroatoms. The number of nitrogens with one attached hydrogen (secondary N) is 1. The van der Waals surface area contributed by atoms with E-state index in [0.717, 1.165) is 34.2 Å². The van der Waals surface area contributed by atoms with E-state index in [1.54, 1.807) is 24.3 Å². The summed E-state index contributed by atoms with van der Waals surface area (Å²) in [5, 5.41) is 2.97. The number of aryl methyl sites for hydroxylation is 2. The van der Waals surface area contributed by atoms with Gasteiger partial charge >= 0.3 is 0 Å². The normalized spacial score (nSPS) is 11.0. The lowest BCUT2D eigenvalue weighted by Gasteiger charge is -2.11. The summed E-state index contributed by atoms with van der Waals surface area (Å²) in [4.78, 5) is 16.8. The summed E-state index contributed by atoms with van der Waals surface area (Å²) in [6, 6.07) is 19.6. The first-order valence-electron chi connectivity index (χ1n) is 10.2. The molecule has 0 atom stereocenters. The van der Waals surface area contributed by atoms with Crippen LogP contribution >= 0.6 is 0 Å². The summed E-state index contributed by atoms with van der Waals surface area (Å²) >= 11 is 0. The molecule has 1 amide bonds. The SMILES string of the molecule is CCc1nc2ccc(-c3ccc(F)cc3)c(CCCNC(=O)c3ccccc3)c2o1. The van der Waals surface area contributed by atoms with Gasteiger partial charge in [-0.25, -0.2) is 9.37 Å². The molecule has 0 fully saturated rings. The molecular formula is C25H23FN2O2. The van der Waals surface area contributed by atoms with Gasteiger partial charge in [-0.2, -0.15) is 0 Å². The molecule has 30 heavy (non-hydrogen) atoms. The highest BCUT2D eigenvalue weighted by Gasteiger charge is 2.15. The number of carbonyl (C=O) groups excluding carboxylic acids is 1. The topological polar surface area (TPSA) is 55.1 Å². The van der Waals surface area contributed by atoms with E-state index in [1.165, 1.54) is 12.1 Å². The van der Waals surface area contributed by atoms with Crippen molar-refractivity contribution in [1.82, 2.24) is 10.3 Å². The Morgan fingerprint density at radius 1 is 1.03 bits per heavy atom. The zero-order chi connectivity index (χ0) is 20.9. The van der Waals surface area contributed by atoms with Crippen molar-refractivity contribution >= 4 is 17.0 Å². The zero-order valence-corrected chi connectivity index (χ0v) is 16.8. The standard InChI is InChI=1S/C25H23FN2O2/c1-2-23-28-22-15-14-20(17-10-12-19(26)13-11-17)21(24(22)30-23)9-6-16-27-25(29)18-7-4-3-5-8-18/h3-5,7-8,10-15H,2,6,9,16H2,1H3,(H,27,29). The maximum absolute atomic E-state index is 13.4. The Morgan fingerprint density at radius 3 is 2.53 bits per heavy atom. The molecule has 1 heterocycles. The van der Waals surface area contributed by atoms with Crippen LogP contribution in [0.1, 0.15) is 35.2 Å². The van der Waals surface area contributed by atoms with Gasteiger partial charge in [0, 0.05) is 24.1 Å². The molecule has 1 N–H and O–H groups in total. The van der Waals surface area contributed by atoms with E-state index in [2.05, 4.69) is 10.3 Å². The van der Waals surface area contributed by atoms with Crippen molar-refractivity contribution in [1.29, 1.82) is 0 Å². The fourth-order valence-corrected chi connectivity index (χ4v) is 3.55. The number of nitrogens with zero attached hydrogens (tertiary/aromatic N) is 1. The predicted octanol–water partition coefficient (Wildman–Crippen LogP) is 5.56. The molecule has 4 rings (SSSR count). The van der Waals surface area contributed by atoms with Crippen molar-refractivity contribution in [2.24, 2.45) is 0 Å². The van der Waals surface area contributed by atoms with Gasteiger partial charge in [-0.1, -0.05) is 43.3 Å². The Balaban J connectivity index is 1.56. The molecule has 0 aliphatic heterocycles. The zero-order valence-electron chi connectivity index (χ0n) is 16.8. The minimum atomic E-state index is -0.266. The van der Waals surface area contributed by atoms with Crippen LogP contribution < -0.4 is 5.32 Å². The van der Waals surface area contributed by atoms with Crippen molar-refractivity contribution in [3.8, 4) is 11.1 Å². The number of hydrogen-bond donors (Lipinski definition) is 1. The molecule has 0 spiro atoms. The van der Waals surface area contributed by atoms with Crippen LogP contribution in [-0.2, 0) is 12.8 Å². The highest BCUT2D eigenvalue weighted by molar-refractivity contribution is 5.94. The molecule has 0 bridgehead atoms. The molecular weight excluding hydrogens is 379 g/mol. The Morgan fingerprint density at radius 2 is 1.80 bits per heavy atom. The van der Waals surface area contributed by atoms with E-state index in [-0.39, 0.29) is 11.7 Å². The molecule has 1 aromatic heterocycles. The lowest BCUT2D eigenvalue weighted by molar-refractivity contribution is 0.0953. The van der Waals surface area contributed by atoms with Gasteiger partial charge in [-0.15, -0.1) is 0 Å². The maximum atomic E-state index is 13.4. The second-order valence-corrected chi connectivity index (χ2v) is 7.13. The molecule has 0 saturated heterocycles. The van der Waals surface area contributed by atoms with E-state index >= 15 is 0 Å². The van der Waals surface area contributed by atoms with Crippen LogP contribution in [0.3, 0.4) is 0 Å². The van der Waals surface area contributed by atoms with Gasteiger partial charge in [0.2, 0.25) is 0 Å². The van der Waals surface area contributed by atoms with Crippen LogP contribution in [-0.4, -0.2) is 17.4 Å². The summed E-state index contributed by atoms with van der Waals surface area (Å²) in [6.45, 7) is 2.55. The van der Waals surface area contributed by atoms with E-state index in [0.29, 0.717) is 30.8 Å². The van der Waals surface area contributed by atoms with Crippen molar-refractivity contribution in [2.75, 3.05) is 6.54 Å². The third-order valence-corrected chi connectivity index (χ3v) is 5.09. The molecule has 3 aromatic carbocycles. The third-order valence-electron chi connectivity index (χ3n) is 5.09. The van der Waals surface area contributed by atoms with Gasteiger partial charge in [0.05, 0.1) is 0 Å². The highest BCUT2D eigenvalue weighted by Crippen LogP contribution is 2.32. The van der Waals surface area contributed by atoms with Crippen LogP contribution in [0.5, 0.6) is 0 Å². The lowest BCUT2D eigenvalue weighted by Crippen LogP contribution is -2.24. The molecule has 0 radical (unpaired) electrons. The second-order valence-electron chi connectivity index (χ2n) is 7.13. The monoisotopic (exact) mass is 402 g/mol. The molecule has 0 unspecified atom stereocenters. The number of halogens is 1. The number of fused-ring (bicyclic) bond motifs is 1. The van der Waals surface area contributed by atoms with Gasteiger partial charge in [0.15, 0.2) is 11.5 Å². The van der Waals surface area contributed by atoms with Crippen LogP contribution in [0.4, 0.5) is 4.39 Å². The molecule has 0 saturated carbocycles. The molecule has 4 aromatic rings. The molecule has 0 aliphatic rings. The minimum absolute atomic E-state index is 0.0829. The van der Waals surface area contributed by atoms with Crippen molar-refractivity contribution in [3.05, 3.63) is 89.6 Å². The first-order chi connectivity index (χ1) is 14.7. The summed E-state index contributed by atoms with van der Waals surface area (Å²) < 4.78 is 19.4. The average molecular weight is 402 g/mol. The fourth-order valence-electron chi connectivity index (χ4n) is 3.55. The van der Waals surface area contributed by atoms with Crippen LogP contribution in [0.15, 0.2) is 71.1 Å². The van der Waals surface area contributed by atoms with E-state index in [4.69, 9.17) is 4.42 Å². The first-order valence-corrected chi connectivity index (χ1v) is 10.2. The van der Waals surface area contributed by atoms with Crippen molar-refractivity contribution in [2.45, 2.75) is 26.2 Å². The van der Waals surface area contributed by atoms with Gasteiger partial charge < -0.3 is 9.73 Å². The lowest BCUT2D eigenvalue weighted by atomic mass is 9.95. The van der Waals surface area contributed by atoms with Gasteiger partial charge in [-0.3, -0.25) is 4.79 Å². The first kappa shape index (κ1) is 19.8. The molecule has 0 aliphatic carbocycles. The van der Waals surface area contributed by atoms with E-state index in [1.807, 2.05) is 37.3 Å². The number of oxazole rings is 1.